The Morgan fingerprint density at radius 1 is 1.05 bits per heavy atom. The van der Waals surface area contributed by atoms with Crippen LogP contribution in [0.25, 0.3) is 0 Å². The summed E-state index contributed by atoms with van der Waals surface area (Å²) in [4.78, 5) is 62.7. The highest BCUT2D eigenvalue weighted by Crippen LogP contribution is 2.50. The fourth-order valence-corrected chi connectivity index (χ4v) is 8.34. The number of ketones is 2. The van der Waals surface area contributed by atoms with Crippen LogP contribution >= 0.6 is 0 Å². The zero-order chi connectivity index (χ0) is 42.5. The normalized spacial score (nSPS) is 27.8. The summed E-state index contributed by atoms with van der Waals surface area (Å²) in [5.74, 6) is -3.64. The van der Waals surface area contributed by atoms with E-state index in [9.17, 15) is 49.8 Å². The Labute approximate surface area is 341 Å². The number of ether oxygens (including phenoxy) is 4. The van der Waals surface area contributed by atoms with E-state index in [1.807, 2.05) is 0 Å². The van der Waals surface area contributed by atoms with Crippen molar-refractivity contribution in [2.24, 2.45) is 9.98 Å². The van der Waals surface area contributed by atoms with E-state index in [1.54, 1.807) is 24.3 Å². The van der Waals surface area contributed by atoms with E-state index in [-0.39, 0.29) is 89.5 Å². The number of carbonyl (C=O) groups excluding carboxylic acids is 4. The predicted octanol–water partition coefficient (Wildman–Crippen LogP) is -1.83. The molecule has 8 rings (SSSR count). The number of amidine groups is 1. The summed E-state index contributed by atoms with van der Waals surface area (Å²) in [6.07, 6.45) is -8.60. The maximum Gasteiger partial charge on any atom is 0.284 e. The SMILES string of the molecule is N=C1N=C2C(=NC[NH+]2c2ccccc2[C@@H]2CCOC[C@@H]3O[C@H](Oc4c2cc2c(c4OC[C@H](O)CC=O)C(=O)c4cc(CO)ccc4C2=O)[C@](O)(CCO)[C@H](O)[C@H]3O)C(=O)N1. The van der Waals surface area contributed by atoms with E-state index >= 15 is 0 Å². The monoisotopic (exact) mass is 828 g/mol. The van der Waals surface area contributed by atoms with Gasteiger partial charge in [-0.1, -0.05) is 24.3 Å². The molecule has 5 aliphatic rings. The molecular formula is C41H42N5O14+. The Morgan fingerprint density at radius 3 is 2.62 bits per heavy atom. The number of aliphatic hydroxyl groups is 6. The van der Waals surface area contributed by atoms with Gasteiger partial charge >= 0.3 is 0 Å². The smallest absolute Gasteiger partial charge is 0.284 e. The number of amides is 1. The fourth-order valence-electron chi connectivity index (χ4n) is 8.34. The number of hydrogen-bond acceptors (Lipinski definition) is 16. The van der Waals surface area contributed by atoms with Gasteiger partial charge in [0.15, 0.2) is 35.3 Å². The average Bonchev–Trinajstić information content (AvgIpc) is 3.65. The van der Waals surface area contributed by atoms with E-state index in [0.717, 1.165) is 0 Å². The van der Waals surface area contributed by atoms with E-state index in [2.05, 4.69) is 15.3 Å². The maximum atomic E-state index is 14.7. The van der Waals surface area contributed by atoms with Gasteiger partial charge in [0.1, 0.15) is 36.9 Å². The largest absolute Gasteiger partial charge is 0.486 e. The number of rotatable bonds is 10. The second-order valence-electron chi connectivity index (χ2n) is 15.0. The summed E-state index contributed by atoms with van der Waals surface area (Å²) in [6, 6.07) is 12.8. The lowest BCUT2D eigenvalue weighted by Gasteiger charge is -2.47. The lowest BCUT2D eigenvalue weighted by Crippen LogP contribution is -3.09. The number of nitrogens with zero attached hydrogens (tertiary/aromatic N) is 2. The number of carbonyl (C=O) groups is 4. The molecule has 1 saturated heterocycles. The molecule has 4 aliphatic heterocycles. The van der Waals surface area contributed by atoms with Gasteiger partial charge in [0, 0.05) is 59.8 Å². The summed E-state index contributed by atoms with van der Waals surface area (Å²) >= 11 is 0. The summed E-state index contributed by atoms with van der Waals surface area (Å²) < 4.78 is 25.0. The number of para-hydroxylation sites is 1. The highest BCUT2D eigenvalue weighted by atomic mass is 16.7. The van der Waals surface area contributed by atoms with Crippen molar-refractivity contribution in [3.63, 3.8) is 0 Å². The van der Waals surface area contributed by atoms with Gasteiger partial charge in [-0.05, 0) is 36.2 Å². The Bertz CT molecular complexity index is 2350. The molecule has 60 heavy (non-hydrogen) atoms. The molecule has 0 saturated carbocycles. The van der Waals surface area contributed by atoms with Gasteiger partial charge in [-0.25, -0.2) is 9.89 Å². The van der Waals surface area contributed by atoms with E-state index < -0.39 is 85.9 Å². The first-order valence-corrected chi connectivity index (χ1v) is 19.3. The number of nitrogens with one attached hydrogen (secondary N) is 3. The first-order valence-electron chi connectivity index (χ1n) is 19.3. The third-order valence-corrected chi connectivity index (χ3v) is 11.4. The van der Waals surface area contributed by atoms with Gasteiger partial charge in [0.05, 0.1) is 24.9 Å². The minimum absolute atomic E-state index is 0.0206. The lowest BCUT2D eigenvalue weighted by molar-refractivity contribution is -0.723. The minimum atomic E-state index is -2.49. The number of guanidine groups is 1. The van der Waals surface area contributed by atoms with Crippen molar-refractivity contribution >= 4 is 47.0 Å². The minimum Gasteiger partial charge on any atom is -0.486 e. The Morgan fingerprint density at radius 2 is 1.85 bits per heavy atom. The van der Waals surface area contributed by atoms with Gasteiger partial charge in [-0.2, -0.15) is 4.99 Å². The summed E-state index contributed by atoms with van der Waals surface area (Å²) in [5, 5.41) is 75.7. The van der Waals surface area contributed by atoms with Gasteiger partial charge in [0.2, 0.25) is 18.0 Å². The maximum absolute atomic E-state index is 14.7. The zero-order valence-corrected chi connectivity index (χ0v) is 31.9. The molecule has 8 atom stereocenters. The molecule has 1 fully saturated rings. The second-order valence-corrected chi connectivity index (χ2v) is 15.0. The van der Waals surface area contributed by atoms with Crippen LogP contribution in [0.4, 0.5) is 5.69 Å². The molecule has 1 aliphatic carbocycles. The standard InChI is InChI=1S/C41H41N5O14/c42-40-44-37-30(38(55)45-40)43-18-46(37)27-4-2-1-3-22(27)21-8-12-57-17-28-33(53)36(54)41(56,9-11-48)39(59-28)60-34-25(21)14-26-29(35(34)58-16-20(50)7-10-47)32(52)24-13-19(15-49)5-6-23(24)31(26)51/h1-6,10,13-14,20-21,28,33,36,39,48-50,53-54,56H,7-9,11-12,15-18H2,(H2,42,45,55)/p+1/t20-,21+,28+,33+,36-,39-,41+/m1/s1. The molecule has 3 aromatic rings. The molecule has 3 aromatic carbocycles. The fraction of sp³-hybridized carbons (Fsp3) is 0.390. The summed E-state index contributed by atoms with van der Waals surface area (Å²) in [5.41, 5.74) is -1.31. The predicted molar refractivity (Wildman–Crippen MR) is 206 cm³/mol. The molecule has 1 amide bonds. The Kier molecular flexibility index (Phi) is 11.3. The van der Waals surface area contributed by atoms with Crippen LogP contribution < -0.4 is 19.7 Å². The van der Waals surface area contributed by atoms with Gasteiger partial charge in [-0.15, -0.1) is 0 Å². The van der Waals surface area contributed by atoms with E-state index in [0.29, 0.717) is 28.0 Å². The number of benzene rings is 3. The number of fused-ring (bicyclic) bond motifs is 6. The highest BCUT2D eigenvalue weighted by molar-refractivity contribution is 6.68. The van der Waals surface area contributed by atoms with Crippen LogP contribution in [-0.2, 0) is 25.7 Å². The number of aldehydes is 1. The average molecular weight is 829 g/mol. The molecule has 0 radical (unpaired) electrons. The van der Waals surface area contributed by atoms with Crippen LogP contribution in [0.5, 0.6) is 11.5 Å². The molecule has 1 unspecified atom stereocenters. The number of hydrogen-bond donors (Lipinski definition) is 9. The van der Waals surface area contributed by atoms with Crippen LogP contribution in [-0.4, -0.2) is 141 Å². The summed E-state index contributed by atoms with van der Waals surface area (Å²) in [7, 11) is 0. The van der Waals surface area contributed by atoms with Crippen molar-refractivity contribution in [2.45, 2.75) is 68.1 Å². The van der Waals surface area contributed by atoms with Gasteiger partial charge in [-0.3, -0.25) is 25.1 Å². The van der Waals surface area contributed by atoms with Crippen molar-refractivity contribution < 1.29 is 73.7 Å². The lowest BCUT2D eigenvalue weighted by atomic mass is 9.78. The molecule has 19 nitrogen and oxygen atoms in total. The quantitative estimate of drug-likeness (QED) is 0.0795. The second kappa shape index (κ2) is 16.4. The number of aliphatic imine (C=N–C) groups is 2. The molecular weight excluding hydrogens is 786 g/mol. The molecule has 2 bridgehead atoms. The molecule has 9 N–H and O–H groups in total. The van der Waals surface area contributed by atoms with Crippen LogP contribution in [0.1, 0.15) is 73.7 Å². The topological polar surface area (TPSA) is 292 Å². The molecule has 19 heteroatoms. The number of aliphatic hydroxyl groups excluding tert-OH is 5. The van der Waals surface area contributed by atoms with Crippen molar-refractivity contribution in [2.75, 3.05) is 33.1 Å². The van der Waals surface area contributed by atoms with Crippen molar-refractivity contribution in [3.8, 4) is 11.5 Å². The highest BCUT2D eigenvalue weighted by Gasteiger charge is 2.57. The Hall–Kier alpha value is -5.61. The third kappa shape index (κ3) is 7.02. The number of quaternary nitrogens is 1. The van der Waals surface area contributed by atoms with E-state index in [1.165, 1.54) is 24.3 Å². The Balaban J connectivity index is 1.39. The van der Waals surface area contributed by atoms with Gasteiger partial charge < -0.3 is 54.4 Å². The van der Waals surface area contributed by atoms with Crippen LogP contribution in [0.15, 0.2) is 58.5 Å². The molecule has 314 valence electrons. The van der Waals surface area contributed by atoms with Crippen molar-refractivity contribution in [1.82, 2.24) is 5.32 Å². The molecule has 4 heterocycles. The van der Waals surface area contributed by atoms with E-state index in [4.69, 9.17) is 24.4 Å². The molecule has 0 spiro atoms. The van der Waals surface area contributed by atoms with Crippen LogP contribution in [0, 0.1) is 5.41 Å². The van der Waals surface area contributed by atoms with Crippen LogP contribution in [0.2, 0.25) is 0 Å². The first kappa shape index (κ1) is 41.1. The summed E-state index contributed by atoms with van der Waals surface area (Å²) in [6.45, 7) is -2.05. The third-order valence-electron chi connectivity index (χ3n) is 11.4. The van der Waals surface area contributed by atoms with Crippen LogP contribution in [0.3, 0.4) is 0 Å². The molecule has 0 aromatic heterocycles. The zero-order valence-electron chi connectivity index (χ0n) is 31.9. The van der Waals surface area contributed by atoms with Crippen molar-refractivity contribution in [1.29, 1.82) is 5.41 Å². The van der Waals surface area contributed by atoms with Gasteiger partial charge in [0.25, 0.3) is 11.7 Å². The van der Waals surface area contributed by atoms with Crippen molar-refractivity contribution in [3.05, 3.63) is 87.5 Å². The first-order chi connectivity index (χ1) is 28.9.